The number of phosphoric ester groups is 1. The van der Waals surface area contributed by atoms with E-state index in [0.29, 0.717) is 25.7 Å². The molecule has 0 aliphatic heterocycles. The summed E-state index contributed by atoms with van der Waals surface area (Å²) in [6.45, 7) is 3.50. The molecule has 312 valence electrons. The maximum absolute atomic E-state index is 12.6. The van der Waals surface area contributed by atoms with Gasteiger partial charge in [-0.15, -0.1) is 0 Å². The molecule has 0 aliphatic carbocycles. The van der Waals surface area contributed by atoms with Crippen molar-refractivity contribution in [3.05, 3.63) is 60.8 Å². The van der Waals surface area contributed by atoms with Gasteiger partial charge in [-0.3, -0.25) is 18.6 Å². The Morgan fingerprint density at radius 3 is 1.89 bits per heavy atom. The fourth-order valence-electron chi connectivity index (χ4n) is 5.29. The van der Waals surface area contributed by atoms with Crippen LogP contribution in [0.25, 0.3) is 0 Å². The lowest BCUT2D eigenvalue weighted by molar-refractivity contribution is -0.161. The van der Waals surface area contributed by atoms with E-state index in [1.54, 1.807) is 6.08 Å². The second-order valence-electron chi connectivity index (χ2n) is 13.7. The van der Waals surface area contributed by atoms with E-state index >= 15 is 0 Å². The van der Waals surface area contributed by atoms with E-state index in [9.17, 15) is 24.2 Å². The van der Waals surface area contributed by atoms with Gasteiger partial charge in [0.05, 0.1) is 19.3 Å². The highest BCUT2D eigenvalue weighted by Crippen LogP contribution is 2.43. The Kier molecular flexibility index (Phi) is 37.2. The van der Waals surface area contributed by atoms with Gasteiger partial charge < -0.3 is 25.2 Å². The van der Waals surface area contributed by atoms with Gasteiger partial charge in [-0.25, -0.2) is 4.57 Å². The minimum Gasteiger partial charge on any atom is -0.462 e. The zero-order chi connectivity index (χ0) is 39.8. The highest BCUT2D eigenvalue weighted by atomic mass is 31.2. The van der Waals surface area contributed by atoms with Gasteiger partial charge >= 0.3 is 19.8 Å². The topological polar surface area (TPSA) is 155 Å². The summed E-state index contributed by atoms with van der Waals surface area (Å²) < 4.78 is 32.6. The van der Waals surface area contributed by atoms with Crippen molar-refractivity contribution in [1.82, 2.24) is 0 Å². The van der Waals surface area contributed by atoms with Crippen molar-refractivity contribution in [2.24, 2.45) is 5.73 Å². The Balaban J connectivity index is 4.39. The molecule has 0 bridgehead atoms. The van der Waals surface area contributed by atoms with Crippen molar-refractivity contribution in [2.45, 2.75) is 174 Å². The summed E-state index contributed by atoms with van der Waals surface area (Å²) in [5.74, 6) is -0.977. The fraction of sp³-hybridized carbons (Fsp3) is 0.721. The van der Waals surface area contributed by atoms with Crippen molar-refractivity contribution < 1.29 is 42.7 Å². The standard InChI is InChI=1S/C43H76NO9P/c1-3-5-7-9-11-13-15-16-17-18-19-21-23-25-30-34-42(46)50-38-41(39-52-54(48,49)51-37-36-44)53-43(47)35-31-27-26-29-33-40(45)32-28-24-22-20-14-12-10-8-6-4-2/h12,14,16-17,22,24,26,28-29,32,40-41,45H,3-11,13,15,18-21,23,25,27,30-31,33-39,44H2,1-2H3,(H,48,49)/b14-12-,17-16-,24-22-,29-26-,32-28-. The summed E-state index contributed by atoms with van der Waals surface area (Å²) >= 11 is 0. The molecule has 3 unspecified atom stereocenters. The van der Waals surface area contributed by atoms with Gasteiger partial charge in [0.2, 0.25) is 0 Å². The van der Waals surface area contributed by atoms with E-state index in [0.717, 1.165) is 44.9 Å². The van der Waals surface area contributed by atoms with E-state index in [1.807, 2.05) is 30.4 Å². The van der Waals surface area contributed by atoms with Crippen molar-refractivity contribution in [3.8, 4) is 0 Å². The third-order valence-corrected chi connectivity index (χ3v) is 9.44. The molecule has 0 aliphatic rings. The van der Waals surface area contributed by atoms with Crippen molar-refractivity contribution in [3.63, 3.8) is 0 Å². The third kappa shape index (κ3) is 38.0. The van der Waals surface area contributed by atoms with Gasteiger partial charge in [0.25, 0.3) is 0 Å². The molecule has 4 N–H and O–H groups in total. The molecule has 0 saturated heterocycles. The maximum atomic E-state index is 12.6. The summed E-state index contributed by atoms with van der Waals surface area (Å²) in [5.41, 5.74) is 5.33. The van der Waals surface area contributed by atoms with Gasteiger partial charge in [0, 0.05) is 19.4 Å². The Morgan fingerprint density at radius 2 is 1.20 bits per heavy atom. The smallest absolute Gasteiger partial charge is 0.462 e. The summed E-state index contributed by atoms with van der Waals surface area (Å²) in [4.78, 5) is 34.8. The zero-order valence-electron chi connectivity index (χ0n) is 33.8. The fourth-order valence-corrected chi connectivity index (χ4v) is 6.06. The lowest BCUT2D eigenvalue weighted by atomic mass is 10.1. The molecular weight excluding hydrogens is 705 g/mol. The summed E-state index contributed by atoms with van der Waals surface area (Å²) in [6, 6.07) is 0. The van der Waals surface area contributed by atoms with Crippen LogP contribution in [0.15, 0.2) is 60.8 Å². The van der Waals surface area contributed by atoms with Crippen LogP contribution in [0.1, 0.15) is 162 Å². The zero-order valence-corrected chi connectivity index (χ0v) is 34.7. The number of esters is 2. The Bertz CT molecular complexity index is 1090. The molecule has 10 nitrogen and oxygen atoms in total. The van der Waals surface area contributed by atoms with Gasteiger partial charge in [-0.1, -0.05) is 139 Å². The van der Waals surface area contributed by atoms with Gasteiger partial charge in [0.15, 0.2) is 6.10 Å². The normalized spacial score (nSPS) is 14.5. The van der Waals surface area contributed by atoms with Crippen LogP contribution in [0.4, 0.5) is 0 Å². The van der Waals surface area contributed by atoms with Crippen LogP contribution in [0.2, 0.25) is 0 Å². The molecule has 3 atom stereocenters. The number of hydrogen-bond acceptors (Lipinski definition) is 9. The van der Waals surface area contributed by atoms with Crippen molar-refractivity contribution >= 4 is 19.8 Å². The molecular formula is C43H76NO9P. The highest BCUT2D eigenvalue weighted by Gasteiger charge is 2.25. The number of carbonyl (C=O) groups is 2. The first kappa shape index (κ1) is 51.7. The number of aliphatic hydroxyl groups is 1. The van der Waals surface area contributed by atoms with Crippen LogP contribution in [-0.4, -0.2) is 60.5 Å². The predicted molar refractivity (Wildman–Crippen MR) is 221 cm³/mol. The van der Waals surface area contributed by atoms with E-state index < -0.39 is 38.6 Å². The first-order valence-electron chi connectivity index (χ1n) is 20.9. The molecule has 54 heavy (non-hydrogen) atoms. The van der Waals surface area contributed by atoms with Crippen LogP contribution in [0.3, 0.4) is 0 Å². The molecule has 0 aromatic heterocycles. The van der Waals surface area contributed by atoms with Gasteiger partial charge in [-0.2, -0.15) is 0 Å². The first-order valence-corrected chi connectivity index (χ1v) is 22.4. The second kappa shape index (κ2) is 38.9. The Labute approximate surface area is 328 Å². The molecule has 0 aromatic carbocycles. The molecule has 0 amide bonds. The van der Waals surface area contributed by atoms with E-state index in [4.69, 9.17) is 24.3 Å². The van der Waals surface area contributed by atoms with Crippen LogP contribution >= 0.6 is 7.82 Å². The number of allylic oxidation sites excluding steroid dienone is 8. The largest absolute Gasteiger partial charge is 0.472 e. The molecule has 11 heteroatoms. The number of aliphatic hydroxyl groups excluding tert-OH is 1. The molecule has 0 spiro atoms. The number of carbonyl (C=O) groups excluding carboxylic acids is 2. The number of phosphoric acid groups is 1. The van der Waals surface area contributed by atoms with Crippen LogP contribution in [0, 0.1) is 0 Å². The van der Waals surface area contributed by atoms with Crippen molar-refractivity contribution in [2.75, 3.05) is 26.4 Å². The quantitative estimate of drug-likeness (QED) is 0.0181. The Morgan fingerprint density at radius 1 is 0.648 bits per heavy atom. The highest BCUT2D eigenvalue weighted by molar-refractivity contribution is 7.47. The lowest BCUT2D eigenvalue weighted by Crippen LogP contribution is -2.29. The van der Waals surface area contributed by atoms with Crippen LogP contribution < -0.4 is 5.73 Å². The maximum Gasteiger partial charge on any atom is 0.472 e. The minimum atomic E-state index is -4.42. The van der Waals surface area contributed by atoms with E-state index in [2.05, 4.69) is 38.2 Å². The number of hydrogen-bond donors (Lipinski definition) is 3. The third-order valence-electron chi connectivity index (χ3n) is 8.46. The molecule has 0 fully saturated rings. The van der Waals surface area contributed by atoms with Crippen LogP contribution in [0.5, 0.6) is 0 Å². The molecule has 0 radical (unpaired) electrons. The van der Waals surface area contributed by atoms with Gasteiger partial charge in [-0.05, 0) is 70.6 Å². The molecule has 0 saturated carbocycles. The van der Waals surface area contributed by atoms with E-state index in [-0.39, 0.29) is 32.6 Å². The second-order valence-corrected chi connectivity index (χ2v) is 15.2. The summed E-state index contributed by atoms with van der Waals surface area (Å²) in [6.07, 6.45) is 41.3. The SMILES string of the molecule is CCCCC/C=C\C/C=C\C=C/C(O)C/C=C\CCCC(=O)OC(COC(=O)CCCCCCC/C=C\CCCCCCCC)COP(=O)(O)OCCN. The van der Waals surface area contributed by atoms with Crippen LogP contribution in [-0.2, 0) is 32.7 Å². The summed E-state index contributed by atoms with van der Waals surface area (Å²) in [7, 11) is -4.42. The lowest BCUT2D eigenvalue weighted by Gasteiger charge is -2.19. The number of unbranched alkanes of at least 4 members (excludes halogenated alkanes) is 15. The first-order chi connectivity index (χ1) is 26.2. The molecule has 0 rings (SSSR count). The Hall–Kier alpha value is -2.33. The van der Waals surface area contributed by atoms with Gasteiger partial charge in [0.1, 0.15) is 6.61 Å². The minimum absolute atomic E-state index is 0.0269. The number of ether oxygens (including phenoxy) is 2. The number of rotatable bonds is 38. The number of nitrogens with two attached hydrogens (primary N) is 1. The van der Waals surface area contributed by atoms with Crippen molar-refractivity contribution in [1.29, 1.82) is 0 Å². The summed E-state index contributed by atoms with van der Waals surface area (Å²) in [5, 5.41) is 10.1. The van der Waals surface area contributed by atoms with E-state index in [1.165, 1.54) is 64.2 Å². The average molecular weight is 782 g/mol. The monoisotopic (exact) mass is 782 g/mol. The molecule has 0 aromatic rings. The average Bonchev–Trinajstić information content (AvgIpc) is 3.15. The molecule has 0 heterocycles. The predicted octanol–water partition coefficient (Wildman–Crippen LogP) is 10.7.